The number of benzene rings is 5. The normalized spacial score (nSPS) is 13.4. The van der Waals surface area contributed by atoms with Gasteiger partial charge in [0.2, 0.25) is 18.5 Å². The van der Waals surface area contributed by atoms with Gasteiger partial charge in [0.1, 0.15) is 6.15 Å². The number of aromatic amines is 1. The van der Waals surface area contributed by atoms with Crippen LogP contribution in [-0.4, -0.2) is 16.9 Å². The van der Waals surface area contributed by atoms with Crippen molar-refractivity contribution >= 4 is 33.8 Å². The van der Waals surface area contributed by atoms with Gasteiger partial charge in [-0.1, -0.05) is 78.9 Å². The first-order chi connectivity index (χ1) is 33.0. The zero-order valence-electron chi connectivity index (χ0n) is 35.2. The van der Waals surface area contributed by atoms with Crippen molar-refractivity contribution in [3.63, 3.8) is 0 Å². The Morgan fingerprint density at radius 2 is 0.644 bits per heavy atom. The Morgan fingerprint density at radius 3 is 0.863 bits per heavy atom. The zero-order valence-corrected chi connectivity index (χ0v) is 35.2. The van der Waals surface area contributed by atoms with Crippen LogP contribution in [0.15, 0.2) is 127 Å². The van der Waals surface area contributed by atoms with E-state index in [9.17, 15) is 115 Å². The largest absolute Gasteiger partial charge is 0.416 e. The molecule has 1 heterocycles. The molecular formula is C44H23BF24N2O2. The molecule has 6 rings (SSSR count). The van der Waals surface area contributed by atoms with Crippen molar-refractivity contribution in [1.29, 1.82) is 0 Å². The molecule has 0 atom stereocenters. The van der Waals surface area contributed by atoms with Gasteiger partial charge in [0.25, 0.3) is 0 Å². The summed E-state index contributed by atoms with van der Waals surface area (Å²) in [6.45, 7) is 0.175. The van der Waals surface area contributed by atoms with Gasteiger partial charge in [0.15, 0.2) is 6.20 Å². The molecule has 0 aliphatic carbocycles. The van der Waals surface area contributed by atoms with Gasteiger partial charge in [0, 0.05) is 5.56 Å². The average Bonchev–Trinajstić information content (AvgIpc) is 3.24. The Balaban J connectivity index is 0.000000520. The lowest BCUT2D eigenvalue weighted by molar-refractivity contribution is -0.684. The maximum absolute atomic E-state index is 14.2. The maximum Gasteiger partial charge on any atom is 0.416 e. The number of rotatable bonds is 7. The number of Topliss-reactive ketones (excluding diaryl/α,β-unsaturated/α-hetero) is 1. The van der Waals surface area contributed by atoms with Gasteiger partial charge in [-0.3, -0.25) is 9.59 Å². The number of nitrogens with one attached hydrogen (secondary N) is 1. The number of ketones is 1. The van der Waals surface area contributed by atoms with Crippen LogP contribution in [0.25, 0.3) is 0 Å². The number of halogens is 24. The molecule has 0 aliphatic heterocycles. The molecule has 29 heteroatoms. The molecule has 0 saturated heterocycles. The van der Waals surface area contributed by atoms with Crippen LogP contribution < -0.4 is 32.0 Å². The van der Waals surface area contributed by atoms with Crippen molar-refractivity contribution in [3.05, 3.63) is 182 Å². The summed E-state index contributed by atoms with van der Waals surface area (Å²) in [6, 6.07) is 0.198. The van der Waals surface area contributed by atoms with E-state index in [0.717, 1.165) is 0 Å². The van der Waals surface area contributed by atoms with Gasteiger partial charge in [-0.25, -0.2) is 0 Å². The number of nitrogens with zero attached hydrogens (tertiary/aromatic N) is 1. The van der Waals surface area contributed by atoms with E-state index in [0.29, 0.717) is 5.56 Å². The van der Waals surface area contributed by atoms with Crippen LogP contribution in [0, 0.1) is 0 Å². The average molecular weight is 1080 g/mol. The highest BCUT2D eigenvalue weighted by Crippen LogP contribution is 2.41. The fraction of sp³-hybridized carbons (Fsp3) is 0.205. The molecule has 0 radical (unpaired) electrons. The molecule has 0 bridgehead atoms. The Kier molecular flexibility index (Phi) is 15.2. The second kappa shape index (κ2) is 19.5. The van der Waals surface area contributed by atoms with Crippen molar-refractivity contribution in [1.82, 2.24) is 4.98 Å². The van der Waals surface area contributed by atoms with Gasteiger partial charge in [-0.05, 0) is 24.3 Å². The molecule has 0 amide bonds. The van der Waals surface area contributed by atoms with E-state index in [4.69, 9.17) is 0 Å². The summed E-state index contributed by atoms with van der Waals surface area (Å²) in [5.41, 5.74) is -29.8. The molecule has 1 aromatic heterocycles. The monoisotopic (exact) mass is 1080 g/mol. The van der Waals surface area contributed by atoms with Crippen LogP contribution in [0.2, 0.25) is 0 Å². The van der Waals surface area contributed by atoms with E-state index in [2.05, 4.69) is 4.98 Å². The van der Waals surface area contributed by atoms with Crippen molar-refractivity contribution < 1.29 is 115 Å². The predicted octanol–water partition coefficient (Wildman–Crippen LogP) is 11.8. The SMILES string of the molecule is FC(F)(F)c1cc([B-](c2cc(C(F)(F)F)cc(C(F)(F)F)c2)(c2cc(C(F)(F)F)cc(C(F)(F)F)c2)c2cc(C(F)(F)F)cc(C(F)(F)F)c2)cc(C(F)(F)F)c1.O=C(C[n+]1cc[nH]c(=O)c1)c1ccccc1. The second-order valence-electron chi connectivity index (χ2n) is 15.6. The molecule has 0 fully saturated rings. The first kappa shape index (κ1) is 56.9. The summed E-state index contributed by atoms with van der Waals surface area (Å²) in [5, 5.41) is 0. The van der Waals surface area contributed by atoms with Crippen molar-refractivity contribution in [3.8, 4) is 0 Å². The van der Waals surface area contributed by atoms with Crippen LogP contribution in [0.5, 0.6) is 0 Å². The minimum atomic E-state index is -6.13. The van der Waals surface area contributed by atoms with E-state index in [1.54, 1.807) is 22.9 Å². The van der Waals surface area contributed by atoms with Gasteiger partial charge in [-0.15, -0.1) is 0 Å². The number of alkyl halides is 24. The zero-order chi connectivity index (χ0) is 55.3. The predicted molar refractivity (Wildman–Crippen MR) is 208 cm³/mol. The summed E-state index contributed by atoms with van der Waals surface area (Å²) in [6.07, 6.45) is -50.3. The number of hydrogen-bond acceptors (Lipinski definition) is 2. The molecule has 0 spiro atoms. The third kappa shape index (κ3) is 13.4. The van der Waals surface area contributed by atoms with E-state index < -0.39 is 195 Å². The standard InChI is InChI=1S/C32H12BF24.C12H10N2O2/c34-25(35,36)13-1-14(26(37,38)39)6-21(5-13)33(22-7-15(27(40,41)42)2-16(8-22)28(43,44)45,23-9-17(29(46,47)48)3-18(10-23)30(49,50)51)24-11-19(31(52,53)54)4-20(12-24)32(55,56)57;15-11(10-4-2-1-3-5-10)8-14-7-6-13-12(16)9-14/h1-12H;1-7,9H,8H2/q-1;/p+1. The van der Waals surface area contributed by atoms with Crippen LogP contribution in [0.1, 0.15) is 54.9 Å². The van der Waals surface area contributed by atoms with Gasteiger partial charge in [0.05, 0.1) is 50.7 Å². The summed E-state index contributed by atoms with van der Waals surface area (Å²) >= 11 is 0. The summed E-state index contributed by atoms with van der Waals surface area (Å²) in [7, 11) is 0. The quantitative estimate of drug-likeness (QED) is 0.0750. The van der Waals surface area contributed by atoms with Gasteiger partial charge >= 0.3 is 55.0 Å². The Labute approximate surface area is 391 Å². The lowest BCUT2D eigenvalue weighted by Crippen LogP contribution is -2.75. The molecule has 0 unspecified atom stereocenters. The van der Waals surface area contributed by atoms with Crippen molar-refractivity contribution in [2.24, 2.45) is 0 Å². The van der Waals surface area contributed by atoms with Crippen LogP contribution in [-0.2, 0) is 56.0 Å². The molecule has 392 valence electrons. The number of carbonyl (C=O) groups is 1. The molecule has 1 N–H and O–H groups in total. The van der Waals surface area contributed by atoms with Crippen molar-refractivity contribution in [2.45, 2.75) is 56.0 Å². The van der Waals surface area contributed by atoms with Crippen LogP contribution in [0.3, 0.4) is 0 Å². The smallest absolute Gasteiger partial charge is 0.318 e. The fourth-order valence-electron chi connectivity index (χ4n) is 7.50. The number of carbonyl (C=O) groups excluding carboxylic acids is 1. The summed E-state index contributed by atoms with van der Waals surface area (Å²) in [4.78, 5) is 25.3. The number of aromatic nitrogens is 2. The Hall–Kier alpha value is -6.97. The van der Waals surface area contributed by atoms with Crippen molar-refractivity contribution in [2.75, 3.05) is 0 Å². The molecule has 4 nitrogen and oxygen atoms in total. The molecule has 5 aromatic carbocycles. The van der Waals surface area contributed by atoms with E-state index in [1.165, 1.54) is 12.4 Å². The molecule has 6 aromatic rings. The second-order valence-corrected chi connectivity index (χ2v) is 15.6. The first-order valence-electron chi connectivity index (χ1n) is 19.5. The third-order valence-electron chi connectivity index (χ3n) is 10.6. The number of H-pyrrole nitrogens is 1. The summed E-state index contributed by atoms with van der Waals surface area (Å²) < 4.78 is 342. The highest BCUT2D eigenvalue weighted by Gasteiger charge is 2.47. The first-order valence-corrected chi connectivity index (χ1v) is 19.5. The highest BCUT2D eigenvalue weighted by molar-refractivity contribution is 7.20. The lowest BCUT2D eigenvalue weighted by Gasteiger charge is -2.46. The Morgan fingerprint density at radius 1 is 0.397 bits per heavy atom. The molecule has 0 saturated carbocycles. The van der Waals surface area contributed by atoms with Crippen LogP contribution in [0.4, 0.5) is 105 Å². The number of hydrogen-bond donors (Lipinski definition) is 1. The van der Waals surface area contributed by atoms with Gasteiger partial charge in [-0.2, -0.15) is 132 Å². The van der Waals surface area contributed by atoms with E-state index in [-0.39, 0.29) is 17.9 Å². The van der Waals surface area contributed by atoms with E-state index >= 15 is 0 Å². The fourth-order valence-corrected chi connectivity index (χ4v) is 7.50. The van der Waals surface area contributed by atoms with E-state index in [1.807, 2.05) is 18.2 Å². The van der Waals surface area contributed by atoms with Gasteiger partial charge < -0.3 is 4.98 Å². The minimum Gasteiger partial charge on any atom is -0.318 e. The lowest BCUT2D eigenvalue weighted by atomic mass is 9.12. The summed E-state index contributed by atoms with van der Waals surface area (Å²) in [5.74, 6) is -0.0174. The molecular weight excluding hydrogens is 1060 g/mol. The Bertz CT molecular complexity index is 2590. The van der Waals surface area contributed by atoms with Crippen LogP contribution >= 0.6 is 0 Å². The highest BCUT2D eigenvalue weighted by atomic mass is 19.4. The minimum absolute atomic E-state index is 0.0174. The topological polar surface area (TPSA) is 53.8 Å². The maximum atomic E-state index is 14.2. The molecule has 0 aliphatic rings. The third-order valence-corrected chi connectivity index (χ3v) is 10.6. The molecule has 73 heavy (non-hydrogen) atoms.